The number of para-hydroxylation sites is 1. The summed E-state index contributed by atoms with van der Waals surface area (Å²) in [5.74, 6) is 0.0305. The molecule has 3 rings (SSSR count). The Kier molecular flexibility index (Phi) is 3.92. The molecule has 0 radical (unpaired) electrons. The van der Waals surface area contributed by atoms with Crippen LogP contribution in [-0.4, -0.2) is 16.8 Å². The predicted molar refractivity (Wildman–Crippen MR) is 95.5 cm³/mol. The van der Waals surface area contributed by atoms with Gasteiger partial charge in [0.25, 0.3) is 5.91 Å². The molecule has 0 atom stereocenters. The molecule has 112 valence electrons. The average Bonchev–Trinajstić information content (AvgIpc) is 2.53. The second kappa shape index (κ2) is 5.73. The Morgan fingerprint density at radius 2 is 1.68 bits per heavy atom. The number of allylic oxidation sites excluding steroid dienone is 1. The second-order valence-corrected chi connectivity index (χ2v) is 6.54. The summed E-state index contributed by atoms with van der Waals surface area (Å²) in [7, 11) is 0. The molecule has 22 heavy (non-hydrogen) atoms. The van der Waals surface area contributed by atoms with E-state index in [1.807, 2.05) is 53.4 Å². The number of hydrogen-bond donors (Lipinski definition) is 0. The maximum atomic E-state index is 13.1. The molecule has 1 aliphatic heterocycles. The Labute approximate surface area is 139 Å². The highest BCUT2D eigenvalue weighted by Crippen LogP contribution is 2.40. The summed E-state index contributed by atoms with van der Waals surface area (Å²) in [6, 6.07) is 17.5. The van der Waals surface area contributed by atoms with Crippen molar-refractivity contribution in [1.82, 2.24) is 0 Å². The Balaban J connectivity index is 2.15. The van der Waals surface area contributed by atoms with E-state index in [1.165, 1.54) is 5.57 Å². The van der Waals surface area contributed by atoms with E-state index in [0.29, 0.717) is 5.56 Å². The minimum Gasteiger partial charge on any atom is -0.299 e. The van der Waals surface area contributed by atoms with E-state index in [2.05, 4.69) is 41.9 Å². The fourth-order valence-electron chi connectivity index (χ4n) is 3.01. The first-order chi connectivity index (χ1) is 10.5. The van der Waals surface area contributed by atoms with E-state index in [0.717, 1.165) is 16.6 Å². The van der Waals surface area contributed by atoms with Crippen LogP contribution in [0.15, 0.2) is 60.7 Å². The molecule has 0 unspecified atom stereocenters. The van der Waals surface area contributed by atoms with Gasteiger partial charge in [-0.1, -0.05) is 58.4 Å². The van der Waals surface area contributed by atoms with Gasteiger partial charge in [-0.25, -0.2) is 0 Å². The topological polar surface area (TPSA) is 20.3 Å². The van der Waals surface area contributed by atoms with Crippen LogP contribution in [0.1, 0.15) is 29.8 Å². The predicted octanol–water partition coefficient (Wildman–Crippen LogP) is 4.90. The van der Waals surface area contributed by atoms with Crippen LogP contribution in [-0.2, 0) is 0 Å². The number of alkyl halides is 1. The highest BCUT2D eigenvalue weighted by atomic mass is 79.9. The molecule has 0 bridgehead atoms. The van der Waals surface area contributed by atoms with Crippen LogP contribution in [0.25, 0.3) is 5.57 Å². The molecule has 0 aliphatic carbocycles. The van der Waals surface area contributed by atoms with Gasteiger partial charge in [0, 0.05) is 16.5 Å². The lowest BCUT2D eigenvalue weighted by Gasteiger charge is -2.41. The number of fused-ring (bicyclic) bond motifs is 1. The largest absolute Gasteiger partial charge is 0.299 e. The number of hydrogen-bond acceptors (Lipinski definition) is 1. The van der Waals surface area contributed by atoms with Gasteiger partial charge in [0.1, 0.15) is 0 Å². The highest BCUT2D eigenvalue weighted by molar-refractivity contribution is 9.09. The Morgan fingerprint density at radius 3 is 2.36 bits per heavy atom. The van der Waals surface area contributed by atoms with Gasteiger partial charge in [0.05, 0.1) is 11.2 Å². The molecule has 1 heterocycles. The molecule has 2 aromatic carbocycles. The molecule has 1 aliphatic rings. The molecule has 2 nitrogen and oxygen atoms in total. The summed E-state index contributed by atoms with van der Waals surface area (Å²) in [5, 5.41) is 0.779. The first kappa shape index (κ1) is 15.0. The van der Waals surface area contributed by atoms with Crippen molar-refractivity contribution in [2.75, 3.05) is 10.2 Å². The lowest BCUT2D eigenvalue weighted by atomic mass is 9.88. The summed E-state index contributed by atoms with van der Waals surface area (Å²) < 4.78 is 0. The van der Waals surface area contributed by atoms with Crippen molar-refractivity contribution in [3.05, 3.63) is 71.8 Å². The molecule has 0 saturated heterocycles. The molecule has 0 spiro atoms. The van der Waals surface area contributed by atoms with Crippen molar-refractivity contribution in [2.24, 2.45) is 0 Å². The molecule has 3 heteroatoms. The number of carbonyl (C=O) groups excluding carboxylic acids is 1. The van der Waals surface area contributed by atoms with Gasteiger partial charge >= 0.3 is 0 Å². The SMILES string of the molecule is CC1(C)C=C(CBr)c2ccccc2N1C(=O)c1ccccc1. The minimum atomic E-state index is -0.371. The van der Waals surface area contributed by atoms with Crippen molar-refractivity contribution >= 4 is 33.1 Å². The average molecular weight is 356 g/mol. The maximum Gasteiger partial charge on any atom is 0.259 e. The van der Waals surface area contributed by atoms with Crippen LogP contribution < -0.4 is 4.90 Å². The number of carbonyl (C=O) groups is 1. The quantitative estimate of drug-likeness (QED) is 0.701. The molecular weight excluding hydrogens is 338 g/mol. The number of rotatable bonds is 2. The van der Waals surface area contributed by atoms with Crippen molar-refractivity contribution in [1.29, 1.82) is 0 Å². The number of benzene rings is 2. The van der Waals surface area contributed by atoms with E-state index in [1.54, 1.807) is 0 Å². The lowest BCUT2D eigenvalue weighted by Crippen LogP contribution is -2.49. The first-order valence-corrected chi connectivity index (χ1v) is 8.43. The Hall–Kier alpha value is -1.87. The summed E-state index contributed by atoms with van der Waals surface area (Å²) in [6.45, 7) is 4.15. The molecule has 2 aromatic rings. The normalized spacial score (nSPS) is 16.0. The van der Waals surface area contributed by atoms with Gasteiger partial charge in [-0.05, 0) is 37.6 Å². The fraction of sp³-hybridized carbons (Fsp3) is 0.211. The molecule has 0 N–H and O–H groups in total. The molecular formula is C19H18BrNO. The fourth-order valence-corrected chi connectivity index (χ4v) is 3.47. The van der Waals surface area contributed by atoms with Crippen LogP contribution >= 0.6 is 15.9 Å². The monoisotopic (exact) mass is 355 g/mol. The van der Waals surface area contributed by atoms with Crippen LogP contribution in [0.3, 0.4) is 0 Å². The number of nitrogens with zero attached hydrogens (tertiary/aromatic N) is 1. The van der Waals surface area contributed by atoms with E-state index in [4.69, 9.17) is 0 Å². The van der Waals surface area contributed by atoms with Gasteiger partial charge < -0.3 is 0 Å². The molecule has 0 fully saturated rings. The maximum absolute atomic E-state index is 13.1. The van der Waals surface area contributed by atoms with E-state index in [-0.39, 0.29) is 11.4 Å². The van der Waals surface area contributed by atoms with Crippen molar-refractivity contribution in [3.63, 3.8) is 0 Å². The van der Waals surface area contributed by atoms with Crippen LogP contribution in [0.5, 0.6) is 0 Å². The van der Waals surface area contributed by atoms with E-state index in [9.17, 15) is 4.79 Å². The van der Waals surface area contributed by atoms with Gasteiger partial charge in [-0.2, -0.15) is 0 Å². The number of halogens is 1. The van der Waals surface area contributed by atoms with Gasteiger partial charge in [0.15, 0.2) is 0 Å². The zero-order chi connectivity index (χ0) is 15.7. The summed E-state index contributed by atoms with van der Waals surface area (Å²) >= 11 is 3.56. The summed E-state index contributed by atoms with van der Waals surface area (Å²) in [4.78, 5) is 15.0. The lowest BCUT2D eigenvalue weighted by molar-refractivity contribution is 0.0970. The van der Waals surface area contributed by atoms with E-state index >= 15 is 0 Å². The van der Waals surface area contributed by atoms with Crippen LogP contribution in [0.2, 0.25) is 0 Å². The van der Waals surface area contributed by atoms with Crippen LogP contribution in [0.4, 0.5) is 5.69 Å². The van der Waals surface area contributed by atoms with Crippen molar-refractivity contribution < 1.29 is 4.79 Å². The summed E-state index contributed by atoms with van der Waals surface area (Å²) in [6.07, 6.45) is 2.17. The summed E-state index contributed by atoms with van der Waals surface area (Å²) in [5.41, 5.74) is 3.64. The third-order valence-corrected chi connectivity index (χ3v) is 4.57. The smallest absolute Gasteiger partial charge is 0.259 e. The zero-order valence-corrected chi connectivity index (χ0v) is 14.3. The molecule has 0 aromatic heterocycles. The standard InChI is InChI=1S/C19H18BrNO/c1-19(2)12-15(13-20)16-10-6-7-11-17(16)21(19)18(22)14-8-4-3-5-9-14/h3-12H,13H2,1-2H3. The molecule has 1 amide bonds. The van der Waals surface area contributed by atoms with Crippen LogP contribution in [0, 0.1) is 0 Å². The first-order valence-electron chi connectivity index (χ1n) is 7.31. The third-order valence-electron chi connectivity index (χ3n) is 3.96. The molecule has 0 saturated carbocycles. The Morgan fingerprint density at radius 1 is 1.05 bits per heavy atom. The Bertz CT molecular complexity index is 734. The zero-order valence-electron chi connectivity index (χ0n) is 12.7. The third kappa shape index (κ3) is 2.50. The van der Waals surface area contributed by atoms with Gasteiger partial charge in [-0.15, -0.1) is 0 Å². The van der Waals surface area contributed by atoms with Crippen molar-refractivity contribution in [2.45, 2.75) is 19.4 Å². The van der Waals surface area contributed by atoms with Gasteiger partial charge in [-0.3, -0.25) is 9.69 Å². The van der Waals surface area contributed by atoms with E-state index < -0.39 is 0 Å². The second-order valence-electron chi connectivity index (χ2n) is 5.98. The van der Waals surface area contributed by atoms with Crippen molar-refractivity contribution in [3.8, 4) is 0 Å². The van der Waals surface area contributed by atoms with Gasteiger partial charge in [0.2, 0.25) is 0 Å². The number of anilines is 1. The minimum absolute atomic E-state index is 0.0305. The highest BCUT2D eigenvalue weighted by Gasteiger charge is 2.36. The number of amides is 1.